The van der Waals surface area contributed by atoms with Gasteiger partial charge in [0.25, 0.3) is 0 Å². The Kier molecular flexibility index (Phi) is 7.38. The van der Waals surface area contributed by atoms with Gasteiger partial charge in [-0.3, -0.25) is 5.32 Å². The Morgan fingerprint density at radius 2 is 1.84 bits per heavy atom. The first-order valence-corrected chi connectivity index (χ1v) is 8.32. The second kappa shape index (κ2) is 8.26. The molecule has 0 aromatic carbocycles. The summed E-state index contributed by atoms with van der Waals surface area (Å²) in [4.78, 5) is 0. The summed E-state index contributed by atoms with van der Waals surface area (Å²) in [5, 5.41) is 3.10. The monoisotopic (exact) mass is 269 g/mol. The first-order chi connectivity index (χ1) is 8.97. The Hall–Kier alpha value is -0.0800. The third-order valence-corrected chi connectivity index (χ3v) is 4.69. The van der Waals surface area contributed by atoms with Gasteiger partial charge in [-0.15, -0.1) is 0 Å². The van der Waals surface area contributed by atoms with Gasteiger partial charge >= 0.3 is 0 Å². The Bertz CT molecular complexity index is 233. The number of ether oxygens (including phenoxy) is 1. The third-order valence-electron chi connectivity index (χ3n) is 4.69. The molecule has 1 aliphatic carbocycles. The van der Waals surface area contributed by atoms with Crippen molar-refractivity contribution in [3.05, 3.63) is 0 Å². The van der Waals surface area contributed by atoms with Crippen molar-refractivity contribution in [2.75, 3.05) is 13.2 Å². The van der Waals surface area contributed by atoms with E-state index in [1.807, 2.05) is 6.92 Å². The lowest BCUT2D eigenvalue weighted by atomic mass is 9.81. The number of nitrogens with one attached hydrogen (secondary N) is 1. The van der Waals surface area contributed by atoms with Gasteiger partial charge in [-0.25, -0.2) is 0 Å². The van der Waals surface area contributed by atoms with Crippen LogP contribution in [0.5, 0.6) is 0 Å². The zero-order chi connectivity index (χ0) is 14.3. The van der Waals surface area contributed by atoms with Gasteiger partial charge in [-0.1, -0.05) is 53.4 Å². The lowest BCUT2D eigenvalue weighted by Crippen LogP contribution is -2.17. The van der Waals surface area contributed by atoms with Gasteiger partial charge in [0, 0.05) is 6.54 Å². The number of rotatable bonds is 6. The van der Waals surface area contributed by atoms with E-state index in [9.17, 15) is 0 Å². The molecule has 1 N–H and O–H groups in total. The normalized spacial score (nSPS) is 29.8. The maximum Gasteiger partial charge on any atom is 0.105 e. The molecule has 0 aromatic heterocycles. The largest absolute Gasteiger partial charge is 0.362 e. The van der Waals surface area contributed by atoms with Crippen molar-refractivity contribution < 1.29 is 4.74 Å². The number of hydrogen-bond acceptors (Lipinski definition) is 2. The summed E-state index contributed by atoms with van der Waals surface area (Å²) in [6.45, 7) is 13.5. The van der Waals surface area contributed by atoms with Crippen LogP contribution in [0.15, 0.2) is 0 Å². The Labute approximate surface area is 120 Å². The Morgan fingerprint density at radius 1 is 1.16 bits per heavy atom. The molecule has 0 bridgehead atoms. The predicted octanol–water partition coefficient (Wildman–Crippen LogP) is 4.59. The van der Waals surface area contributed by atoms with Crippen LogP contribution in [0.1, 0.15) is 73.1 Å². The minimum absolute atomic E-state index is 0.296. The average Bonchev–Trinajstić information content (AvgIpc) is 2.91. The van der Waals surface area contributed by atoms with Crippen molar-refractivity contribution in [1.82, 2.24) is 5.32 Å². The number of unbranched alkanes of at least 4 members (excludes halogenated alkanes) is 3. The van der Waals surface area contributed by atoms with Gasteiger partial charge < -0.3 is 4.74 Å². The van der Waals surface area contributed by atoms with Gasteiger partial charge in [-0.2, -0.15) is 0 Å². The average molecular weight is 269 g/mol. The van der Waals surface area contributed by atoms with Crippen LogP contribution in [0, 0.1) is 17.3 Å². The second-order valence-corrected chi connectivity index (χ2v) is 7.09. The van der Waals surface area contributed by atoms with Crippen LogP contribution in [-0.4, -0.2) is 19.4 Å². The van der Waals surface area contributed by atoms with E-state index in [1.54, 1.807) is 0 Å². The van der Waals surface area contributed by atoms with Gasteiger partial charge in [0.15, 0.2) is 0 Å². The summed E-state index contributed by atoms with van der Waals surface area (Å²) in [5.74, 6) is 2.05. The molecular formula is C17H35NO. The highest BCUT2D eigenvalue weighted by Gasteiger charge is 2.43. The summed E-state index contributed by atoms with van der Waals surface area (Å²) < 4.78 is 5.04. The van der Waals surface area contributed by atoms with Crippen molar-refractivity contribution in [2.45, 2.75) is 79.4 Å². The maximum absolute atomic E-state index is 5.04. The molecule has 3 unspecified atom stereocenters. The zero-order valence-electron chi connectivity index (χ0n) is 13.8. The fourth-order valence-electron chi connectivity index (χ4n) is 3.16. The van der Waals surface area contributed by atoms with E-state index in [4.69, 9.17) is 4.74 Å². The molecule has 1 heterocycles. The zero-order valence-corrected chi connectivity index (χ0v) is 13.8. The smallest absolute Gasteiger partial charge is 0.105 e. The molecule has 0 spiro atoms. The summed E-state index contributed by atoms with van der Waals surface area (Å²) in [7, 11) is 0. The van der Waals surface area contributed by atoms with Gasteiger partial charge in [0.1, 0.15) is 6.23 Å². The molecule has 1 saturated heterocycles. The molecule has 2 heteroatoms. The quantitative estimate of drug-likeness (QED) is 0.712. The fourth-order valence-corrected chi connectivity index (χ4v) is 3.16. The molecule has 1 aliphatic heterocycles. The van der Waals surface area contributed by atoms with E-state index in [2.05, 4.69) is 33.0 Å². The third kappa shape index (κ3) is 6.76. The van der Waals surface area contributed by atoms with Crippen molar-refractivity contribution >= 4 is 0 Å². The van der Waals surface area contributed by atoms with Crippen molar-refractivity contribution in [3.63, 3.8) is 0 Å². The van der Waals surface area contributed by atoms with E-state index in [1.165, 1.54) is 38.5 Å². The van der Waals surface area contributed by atoms with Crippen LogP contribution in [0.2, 0.25) is 0 Å². The molecule has 3 atom stereocenters. The summed E-state index contributed by atoms with van der Waals surface area (Å²) >= 11 is 0. The molecule has 1 saturated carbocycles. The molecular weight excluding hydrogens is 234 g/mol. The SMILES string of the molecule is CC1NCCO1.CCCCCCC(C)(C)C1CC1C. The molecule has 0 amide bonds. The van der Waals surface area contributed by atoms with E-state index in [-0.39, 0.29) is 0 Å². The molecule has 114 valence electrons. The van der Waals surface area contributed by atoms with Crippen LogP contribution in [0.3, 0.4) is 0 Å². The molecule has 2 fully saturated rings. The van der Waals surface area contributed by atoms with Crippen molar-refractivity contribution in [1.29, 1.82) is 0 Å². The van der Waals surface area contributed by atoms with Crippen LogP contribution in [-0.2, 0) is 4.74 Å². The second-order valence-electron chi connectivity index (χ2n) is 7.09. The van der Waals surface area contributed by atoms with Gasteiger partial charge in [0.05, 0.1) is 6.61 Å². The number of hydrogen-bond donors (Lipinski definition) is 1. The molecule has 2 aliphatic rings. The molecule has 0 aromatic rings. The molecule has 0 radical (unpaired) electrons. The van der Waals surface area contributed by atoms with Crippen LogP contribution >= 0.6 is 0 Å². The highest BCUT2D eigenvalue weighted by molar-refractivity contribution is 4.93. The van der Waals surface area contributed by atoms with Crippen LogP contribution < -0.4 is 5.32 Å². The van der Waals surface area contributed by atoms with Crippen LogP contribution in [0.25, 0.3) is 0 Å². The Balaban J connectivity index is 0.000000250. The topological polar surface area (TPSA) is 21.3 Å². The standard InChI is InChI=1S/C13H26.C4H9NO/c1-5-6-7-8-9-13(3,4)12-10-11(12)2;1-4-5-2-3-6-4/h11-12H,5-10H2,1-4H3;4-5H,2-3H2,1H3. The minimum atomic E-state index is 0.296. The fraction of sp³-hybridized carbons (Fsp3) is 1.00. The summed E-state index contributed by atoms with van der Waals surface area (Å²) in [5.41, 5.74) is 0.632. The molecule has 19 heavy (non-hydrogen) atoms. The van der Waals surface area contributed by atoms with Crippen LogP contribution in [0.4, 0.5) is 0 Å². The van der Waals surface area contributed by atoms with Gasteiger partial charge in [0.2, 0.25) is 0 Å². The van der Waals surface area contributed by atoms with E-state index in [0.717, 1.165) is 25.0 Å². The first kappa shape index (κ1) is 17.0. The van der Waals surface area contributed by atoms with E-state index < -0.39 is 0 Å². The Morgan fingerprint density at radius 3 is 2.21 bits per heavy atom. The highest BCUT2D eigenvalue weighted by Crippen LogP contribution is 2.52. The van der Waals surface area contributed by atoms with E-state index in [0.29, 0.717) is 11.6 Å². The molecule has 2 nitrogen and oxygen atoms in total. The first-order valence-electron chi connectivity index (χ1n) is 8.32. The van der Waals surface area contributed by atoms with Crippen molar-refractivity contribution in [3.8, 4) is 0 Å². The lowest BCUT2D eigenvalue weighted by molar-refractivity contribution is 0.116. The van der Waals surface area contributed by atoms with E-state index >= 15 is 0 Å². The molecule has 2 rings (SSSR count). The maximum atomic E-state index is 5.04. The predicted molar refractivity (Wildman–Crippen MR) is 83.2 cm³/mol. The minimum Gasteiger partial charge on any atom is -0.362 e. The summed E-state index contributed by atoms with van der Waals surface area (Å²) in [6.07, 6.45) is 8.91. The van der Waals surface area contributed by atoms with Gasteiger partial charge in [-0.05, 0) is 37.0 Å². The van der Waals surface area contributed by atoms with Crippen molar-refractivity contribution in [2.24, 2.45) is 17.3 Å². The summed E-state index contributed by atoms with van der Waals surface area (Å²) in [6, 6.07) is 0. The highest BCUT2D eigenvalue weighted by atomic mass is 16.5. The lowest BCUT2D eigenvalue weighted by Gasteiger charge is -2.24.